The molecule has 0 radical (unpaired) electrons. The number of nitrogens with one attached hydrogen (secondary N) is 1. The fourth-order valence-electron chi connectivity index (χ4n) is 2.95. The third-order valence-electron chi connectivity index (χ3n) is 4.07. The Hall–Kier alpha value is -2.73. The molecule has 1 N–H and O–H groups in total. The smallest absolute Gasteiger partial charge is 0.261 e. The zero-order valence-corrected chi connectivity index (χ0v) is 14.1. The van der Waals surface area contributed by atoms with E-state index < -0.39 is 0 Å². The Morgan fingerprint density at radius 2 is 2.28 bits per heavy atom. The largest absolute Gasteiger partial charge is 0.487 e. The van der Waals surface area contributed by atoms with Gasteiger partial charge in [-0.25, -0.2) is 4.39 Å². The van der Waals surface area contributed by atoms with Crippen LogP contribution < -0.4 is 10.1 Å². The van der Waals surface area contributed by atoms with Crippen molar-refractivity contribution in [3.63, 3.8) is 0 Å². The summed E-state index contributed by atoms with van der Waals surface area (Å²) in [7, 11) is 0. The molecule has 25 heavy (non-hydrogen) atoms. The Kier molecular flexibility index (Phi) is 4.19. The molecule has 4 rings (SSSR count). The topological polar surface area (TPSA) is 51.2 Å². The predicted octanol–water partition coefficient (Wildman–Crippen LogP) is 3.68. The molecule has 0 fully saturated rings. The van der Waals surface area contributed by atoms with Gasteiger partial charge in [-0.3, -0.25) is 9.78 Å². The van der Waals surface area contributed by atoms with Crippen LogP contribution >= 0.6 is 11.3 Å². The van der Waals surface area contributed by atoms with Crippen LogP contribution in [0.4, 0.5) is 4.39 Å². The SMILES string of the molecule is O=C(NC[C@@H]1Cc2cc(F)cc(-c3cccnc3)c2O1)c1cccs1. The summed E-state index contributed by atoms with van der Waals surface area (Å²) in [5.74, 6) is 0.252. The van der Waals surface area contributed by atoms with Gasteiger partial charge in [-0.1, -0.05) is 12.1 Å². The molecule has 0 saturated heterocycles. The van der Waals surface area contributed by atoms with Gasteiger partial charge >= 0.3 is 0 Å². The van der Waals surface area contributed by atoms with Gasteiger partial charge in [0.2, 0.25) is 0 Å². The van der Waals surface area contributed by atoms with Gasteiger partial charge in [0.1, 0.15) is 17.7 Å². The highest BCUT2D eigenvalue weighted by Gasteiger charge is 2.27. The van der Waals surface area contributed by atoms with Crippen molar-refractivity contribution < 1.29 is 13.9 Å². The molecule has 0 spiro atoms. The van der Waals surface area contributed by atoms with Crippen LogP contribution in [0.5, 0.6) is 5.75 Å². The maximum atomic E-state index is 14.0. The van der Waals surface area contributed by atoms with Gasteiger partial charge in [-0.05, 0) is 29.6 Å². The van der Waals surface area contributed by atoms with Crippen LogP contribution in [0.2, 0.25) is 0 Å². The minimum absolute atomic E-state index is 0.117. The third-order valence-corrected chi connectivity index (χ3v) is 4.94. The molecule has 6 heteroatoms. The molecule has 1 amide bonds. The van der Waals surface area contributed by atoms with Gasteiger partial charge in [0, 0.05) is 35.5 Å². The number of rotatable bonds is 4. The van der Waals surface area contributed by atoms with Crippen molar-refractivity contribution in [2.24, 2.45) is 0 Å². The lowest BCUT2D eigenvalue weighted by molar-refractivity contribution is 0.0937. The number of ether oxygens (including phenoxy) is 1. The van der Waals surface area contributed by atoms with Crippen LogP contribution in [0, 0.1) is 5.82 Å². The number of nitrogens with zero attached hydrogens (tertiary/aromatic N) is 1. The van der Waals surface area contributed by atoms with Crippen molar-refractivity contribution >= 4 is 17.2 Å². The first-order chi connectivity index (χ1) is 12.2. The maximum absolute atomic E-state index is 14.0. The zero-order chi connectivity index (χ0) is 17.2. The van der Waals surface area contributed by atoms with Crippen molar-refractivity contribution in [3.8, 4) is 16.9 Å². The second-order valence-electron chi connectivity index (χ2n) is 5.81. The summed E-state index contributed by atoms with van der Waals surface area (Å²) >= 11 is 1.39. The van der Waals surface area contributed by atoms with Crippen LogP contribution in [0.15, 0.2) is 54.2 Å². The first-order valence-corrected chi connectivity index (χ1v) is 8.80. The highest BCUT2D eigenvalue weighted by Crippen LogP contribution is 2.39. The Bertz CT molecular complexity index is 897. The maximum Gasteiger partial charge on any atom is 0.261 e. The number of thiophene rings is 1. The highest BCUT2D eigenvalue weighted by molar-refractivity contribution is 7.12. The fraction of sp³-hybridized carbons (Fsp3) is 0.158. The molecule has 0 unspecified atom stereocenters. The number of carbonyl (C=O) groups excluding carboxylic acids is 1. The number of pyridine rings is 1. The lowest BCUT2D eigenvalue weighted by atomic mass is 10.0. The van der Waals surface area contributed by atoms with E-state index in [1.54, 1.807) is 24.5 Å². The Labute approximate surface area is 148 Å². The minimum Gasteiger partial charge on any atom is -0.487 e. The van der Waals surface area contributed by atoms with Crippen LogP contribution in [0.3, 0.4) is 0 Å². The van der Waals surface area contributed by atoms with Gasteiger partial charge < -0.3 is 10.1 Å². The first-order valence-electron chi connectivity index (χ1n) is 7.92. The number of hydrogen-bond acceptors (Lipinski definition) is 4. The van der Waals surface area contributed by atoms with E-state index in [0.29, 0.717) is 29.2 Å². The first kappa shape index (κ1) is 15.8. The summed E-state index contributed by atoms with van der Waals surface area (Å²) in [6.45, 7) is 0.375. The molecule has 1 atom stereocenters. The number of benzene rings is 1. The van der Waals surface area contributed by atoms with E-state index in [1.165, 1.54) is 23.5 Å². The normalized spacial score (nSPS) is 15.5. The molecule has 1 aliphatic heterocycles. The van der Waals surface area contributed by atoms with Gasteiger partial charge in [-0.2, -0.15) is 0 Å². The summed E-state index contributed by atoms with van der Waals surface area (Å²) < 4.78 is 20.0. The number of amides is 1. The second-order valence-corrected chi connectivity index (χ2v) is 6.76. The highest BCUT2D eigenvalue weighted by atomic mass is 32.1. The Balaban J connectivity index is 1.51. The number of hydrogen-bond donors (Lipinski definition) is 1. The average molecular weight is 354 g/mol. The zero-order valence-electron chi connectivity index (χ0n) is 13.2. The number of fused-ring (bicyclic) bond motifs is 1. The van der Waals surface area contributed by atoms with Gasteiger partial charge in [-0.15, -0.1) is 11.3 Å². The lowest BCUT2D eigenvalue weighted by Gasteiger charge is -2.13. The van der Waals surface area contributed by atoms with Crippen molar-refractivity contribution in [1.29, 1.82) is 0 Å². The van der Waals surface area contributed by atoms with Crippen LogP contribution in [-0.2, 0) is 6.42 Å². The van der Waals surface area contributed by atoms with Gasteiger partial charge in [0.25, 0.3) is 5.91 Å². The van der Waals surface area contributed by atoms with Crippen LogP contribution in [-0.4, -0.2) is 23.5 Å². The standard InChI is InChI=1S/C19H15FN2O2S/c20-14-7-13-8-15(11-22-19(23)17-4-2-6-25-17)24-18(13)16(9-14)12-3-1-5-21-10-12/h1-7,9-10,15H,8,11H2,(H,22,23)/t15-/m0/s1. The van der Waals surface area contributed by atoms with E-state index in [2.05, 4.69) is 10.3 Å². The molecular weight excluding hydrogens is 339 g/mol. The Morgan fingerprint density at radius 1 is 1.36 bits per heavy atom. The van der Waals surface area contributed by atoms with Gasteiger partial charge in [0.15, 0.2) is 0 Å². The molecule has 0 aliphatic carbocycles. The van der Waals surface area contributed by atoms with Crippen molar-refractivity contribution in [3.05, 3.63) is 70.4 Å². The minimum atomic E-state index is -0.301. The second kappa shape index (κ2) is 6.64. The molecule has 3 heterocycles. The summed E-state index contributed by atoms with van der Waals surface area (Å²) in [4.78, 5) is 16.8. The van der Waals surface area contributed by atoms with E-state index in [-0.39, 0.29) is 17.8 Å². The monoisotopic (exact) mass is 354 g/mol. The van der Waals surface area contributed by atoms with Crippen molar-refractivity contribution in [1.82, 2.24) is 10.3 Å². The Morgan fingerprint density at radius 3 is 3.04 bits per heavy atom. The number of halogens is 1. The molecule has 1 aliphatic rings. The number of carbonyl (C=O) groups is 1. The van der Waals surface area contributed by atoms with E-state index in [9.17, 15) is 9.18 Å². The van der Waals surface area contributed by atoms with E-state index in [0.717, 1.165) is 11.1 Å². The molecule has 1 aromatic carbocycles. The molecular formula is C19H15FN2O2S. The van der Waals surface area contributed by atoms with Crippen LogP contribution in [0.25, 0.3) is 11.1 Å². The summed E-state index contributed by atoms with van der Waals surface area (Å²) in [6.07, 6.45) is 3.71. The quantitative estimate of drug-likeness (QED) is 0.778. The molecule has 0 bridgehead atoms. The van der Waals surface area contributed by atoms with E-state index >= 15 is 0 Å². The summed E-state index contributed by atoms with van der Waals surface area (Å²) in [5.41, 5.74) is 2.31. The molecule has 3 aromatic rings. The lowest BCUT2D eigenvalue weighted by Crippen LogP contribution is -2.34. The van der Waals surface area contributed by atoms with Crippen LogP contribution in [0.1, 0.15) is 15.2 Å². The fourth-order valence-corrected chi connectivity index (χ4v) is 3.59. The molecule has 126 valence electrons. The average Bonchev–Trinajstić information content (AvgIpc) is 3.29. The predicted molar refractivity (Wildman–Crippen MR) is 94.4 cm³/mol. The number of aromatic nitrogens is 1. The molecule has 0 saturated carbocycles. The van der Waals surface area contributed by atoms with Crippen molar-refractivity contribution in [2.75, 3.05) is 6.54 Å². The van der Waals surface area contributed by atoms with E-state index in [4.69, 9.17) is 4.74 Å². The molecule has 2 aromatic heterocycles. The van der Waals surface area contributed by atoms with Gasteiger partial charge in [0.05, 0.1) is 11.4 Å². The van der Waals surface area contributed by atoms with Crippen molar-refractivity contribution in [2.45, 2.75) is 12.5 Å². The summed E-state index contributed by atoms with van der Waals surface area (Å²) in [5, 5.41) is 4.74. The van der Waals surface area contributed by atoms with E-state index in [1.807, 2.05) is 17.5 Å². The summed E-state index contributed by atoms with van der Waals surface area (Å²) in [6, 6.07) is 10.3. The third kappa shape index (κ3) is 3.25. The molecule has 4 nitrogen and oxygen atoms in total.